The Labute approximate surface area is 191 Å². The van der Waals surface area contributed by atoms with E-state index in [9.17, 15) is 13.2 Å². The number of rotatable bonds is 4. The molecule has 160 valence electrons. The minimum Gasteiger partial charge on any atom is -0.311 e. The highest BCUT2D eigenvalue weighted by Crippen LogP contribution is 2.32. The van der Waals surface area contributed by atoms with Crippen molar-refractivity contribution < 1.29 is 13.2 Å². The molecule has 0 atom stereocenters. The number of carbonyl (C=O) groups is 1. The summed E-state index contributed by atoms with van der Waals surface area (Å²) < 4.78 is 29.3. The second-order valence-electron chi connectivity index (χ2n) is 7.63. The number of halogens is 1. The lowest BCUT2D eigenvalue weighted by Gasteiger charge is -2.30. The Kier molecular flexibility index (Phi) is 5.90. The van der Waals surface area contributed by atoms with Crippen molar-refractivity contribution in [3.05, 3.63) is 87.9 Å². The van der Waals surface area contributed by atoms with Crippen molar-refractivity contribution in [1.82, 2.24) is 0 Å². The number of amides is 1. The van der Waals surface area contributed by atoms with E-state index in [0.717, 1.165) is 34.1 Å². The van der Waals surface area contributed by atoms with Gasteiger partial charge in [-0.3, -0.25) is 9.10 Å². The molecular formula is C24H23BrN2O3S. The summed E-state index contributed by atoms with van der Waals surface area (Å²) in [5.41, 5.74) is 3.78. The van der Waals surface area contributed by atoms with Gasteiger partial charge in [0.25, 0.3) is 15.9 Å². The van der Waals surface area contributed by atoms with Crippen LogP contribution >= 0.6 is 15.9 Å². The van der Waals surface area contributed by atoms with E-state index >= 15 is 0 Å². The number of anilines is 2. The van der Waals surface area contributed by atoms with Crippen LogP contribution in [0.2, 0.25) is 0 Å². The zero-order chi connectivity index (χ0) is 22.2. The van der Waals surface area contributed by atoms with E-state index in [0.29, 0.717) is 17.8 Å². The van der Waals surface area contributed by atoms with Gasteiger partial charge in [-0.05, 0) is 73.4 Å². The molecule has 0 aromatic heterocycles. The lowest BCUT2D eigenvalue weighted by atomic mass is 10.0. The fraction of sp³-hybridized carbons (Fsp3) is 0.208. The average molecular weight is 499 g/mol. The third-order valence-corrected chi connectivity index (χ3v) is 7.86. The summed E-state index contributed by atoms with van der Waals surface area (Å²) in [5, 5.41) is 0. The normalized spacial score (nSPS) is 13.6. The molecule has 0 N–H and O–H groups in total. The van der Waals surface area contributed by atoms with Crippen molar-refractivity contribution in [2.75, 3.05) is 22.8 Å². The molecule has 0 saturated heterocycles. The number of carbonyl (C=O) groups excluding carboxylic acids is 1. The van der Waals surface area contributed by atoms with Gasteiger partial charge in [0.2, 0.25) is 0 Å². The second-order valence-corrected chi connectivity index (χ2v) is 10.4. The summed E-state index contributed by atoms with van der Waals surface area (Å²) >= 11 is 3.43. The maximum absolute atomic E-state index is 13.5. The quantitative estimate of drug-likeness (QED) is 0.498. The van der Waals surface area contributed by atoms with E-state index in [4.69, 9.17) is 0 Å². The zero-order valence-corrected chi connectivity index (χ0v) is 19.8. The lowest BCUT2D eigenvalue weighted by molar-refractivity contribution is 0.0992. The average Bonchev–Trinajstić information content (AvgIpc) is 2.78. The van der Waals surface area contributed by atoms with Gasteiger partial charge in [-0.1, -0.05) is 40.2 Å². The van der Waals surface area contributed by atoms with Gasteiger partial charge in [0.1, 0.15) is 0 Å². The summed E-state index contributed by atoms with van der Waals surface area (Å²) in [4.78, 5) is 14.8. The van der Waals surface area contributed by atoms with Gasteiger partial charge < -0.3 is 4.90 Å². The Bertz CT molecular complexity index is 1260. The predicted octanol–water partition coefficient (Wildman–Crippen LogP) is 5.18. The Hall–Kier alpha value is -2.64. The third-order valence-electron chi connectivity index (χ3n) is 5.56. The fourth-order valence-electron chi connectivity index (χ4n) is 3.96. The molecule has 0 fully saturated rings. The van der Waals surface area contributed by atoms with Gasteiger partial charge >= 0.3 is 0 Å². The Morgan fingerprint density at radius 1 is 1.03 bits per heavy atom. The van der Waals surface area contributed by atoms with E-state index in [1.165, 1.54) is 10.4 Å². The largest absolute Gasteiger partial charge is 0.311 e. The Balaban J connectivity index is 1.68. The van der Waals surface area contributed by atoms with Crippen molar-refractivity contribution in [3.8, 4) is 0 Å². The first kappa shape index (κ1) is 21.6. The van der Waals surface area contributed by atoms with E-state index in [1.54, 1.807) is 30.1 Å². The van der Waals surface area contributed by atoms with Crippen LogP contribution in [0.5, 0.6) is 0 Å². The molecule has 0 radical (unpaired) electrons. The van der Waals surface area contributed by atoms with Crippen molar-refractivity contribution in [1.29, 1.82) is 0 Å². The molecule has 0 saturated carbocycles. The van der Waals surface area contributed by atoms with Crippen LogP contribution in [0.3, 0.4) is 0 Å². The number of nitrogens with zero attached hydrogens (tertiary/aromatic N) is 2. The number of sulfonamides is 1. The van der Waals surface area contributed by atoms with E-state index in [-0.39, 0.29) is 10.8 Å². The molecule has 0 spiro atoms. The topological polar surface area (TPSA) is 57.7 Å². The maximum atomic E-state index is 13.5. The number of fused-ring (bicyclic) bond motifs is 1. The highest BCUT2D eigenvalue weighted by atomic mass is 79.9. The molecule has 1 aliphatic rings. The van der Waals surface area contributed by atoms with E-state index in [1.807, 2.05) is 49.4 Å². The molecule has 1 amide bonds. The molecule has 0 unspecified atom stereocenters. The van der Waals surface area contributed by atoms with Gasteiger partial charge in [0.05, 0.1) is 10.6 Å². The molecule has 0 aliphatic carbocycles. The molecule has 0 bridgehead atoms. The minimum atomic E-state index is -3.78. The molecule has 31 heavy (non-hydrogen) atoms. The number of hydrogen-bond acceptors (Lipinski definition) is 3. The first-order valence-corrected chi connectivity index (χ1v) is 12.3. The monoisotopic (exact) mass is 498 g/mol. The first-order chi connectivity index (χ1) is 14.8. The van der Waals surface area contributed by atoms with Gasteiger partial charge in [-0.15, -0.1) is 0 Å². The first-order valence-electron chi connectivity index (χ1n) is 10.0. The molecule has 5 nitrogen and oxygen atoms in total. The molecule has 1 aliphatic heterocycles. The Morgan fingerprint density at radius 3 is 2.58 bits per heavy atom. The van der Waals surface area contributed by atoms with Crippen LogP contribution in [-0.2, 0) is 16.4 Å². The number of aryl methyl sites for hydroxylation is 2. The van der Waals surface area contributed by atoms with Gasteiger partial charge in [0, 0.05) is 29.3 Å². The summed E-state index contributed by atoms with van der Waals surface area (Å²) in [6, 6.07) is 19.5. The molecule has 3 aromatic rings. The van der Waals surface area contributed by atoms with Crippen LogP contribution < -0.4 is 9.21 Å². The number of para-hydroxylation sites is 1. The molecule has 4 rings (SSSR count). The van der Waals surface area contributed by atoms with Crippen LogP contribution in [0.4, 0.5) is 11.4 Å². The summed E-state index contributed by atoms with van der Waals surface area (Å²) in [6.45, 7) is 2.36. The van der Waals surface area contributed by atoms with Crippen molar-refractivity contribution in [2.24, 2.45) is 0 Å². The van der Waals surface area contributed by atoms with Gasteiger partial charge in [0.15, 0.2) is 0 Å². The van der Waals surface area contributed by atoms with Gasteiger partial charge in [-0.25, -0.2) is 8.42 Å². The smallest absolute Gasteiger partial charge is 0.264 e. The standard InChI is InChI=1S/C24H23BrN2O3S/c1-17-15-20(25)12-13-22(17)26(2)24(28)19-8-5-10-21(16-19)31(29,30)27-14-6-9-18-7-3-4-11-23(18)27/h3-5,7-8,10-13,15-16H,6,9,14H2,1-2H3. The Morgan fingerprint density at radius 2 is 1.81 bits per heavy atom. The highest BCUT2D eigenvalue weighted by molar-refractivity contribution is 9.10. The van der Waals surface area contributed by atoms with Crippen LogP contribution in [0.1, 0.15) is 27.9 Å². The minimum absolute atomic E-state index is 0.121. The predicted molar refractivity (Wildman–Crippen MR) is 127 cm³/mol. The van der Waals surface area contributed by atoms with Crippen molar-refractivity contribution in [3.63, 3.8) is 0 Å². The second kappa shape index (κ2) is 8.48. The molecule has 3 aromatic carbocycles. The maximum Gasteiger partial charge on any atom is 0.264 e. The number of hydrogen-bond donors (Lipinski definition) is 0. The van der Waals surface area contributed by atoms with Crippen LogP contribution in [0.15, 0.2) is 76.1 Å². The molecule has 7 heteroatoms. The SMILES string of the molecule is Cc1cc(Br)ccc1N(C)C(=O)c1cccc(S(=O)(=O)N2CCCc3ccccc32)c1. The van der Waals surface area contributed by atoms with Gasteiger partial charge in [-0.2, -0.15) is 0 Å². The van der Waals surface area contributed by atoms with Crippen LogP contribution in [-0.4, -0.2) is 27.9 Å². The number of benzene rings is 3. The molecular weight excluding hydrogens is 476 g/mol. The molecule has 1 heterocycles. The lowest BCUT2D eigenvalue weighted by Crippen LogP contribution is -2.35. The summed E-state index contributed by atoms with van der Waals surface area (Å²) in [7, 11) is -2.08. The van der Waals surface area contributed by atoms with Crippen molar-refractivity contribution >= 4 is 43.2 Å². The van der Waals surface area contributed by atoms with E-state index in [2.05, 4.69) is 15.9 Å². The van der Waals surface area contributed by atoms with Crippen LogP contribution in [0, 0.1) is 6.92 Å². The van der Waals surface area contributed by atoms with Crippen LogP contribution in [0.25, 0.3) is 0 Å². The summed E-state index contributed by atoms with van der Waals surface area (Å²) in [6.07, 6.45) is 1.62. The zero-order valence-electron chi connectivity index (χ0n) is 17.4. The van der Waals surface area contributed by atoms with Crippen molar-refractivity contribution in [2.45, 2.75) is 24.7 Å². The fourth-order valence-corrected chi connectivity index (χ4v) is 6.03. The highest BCUT2D eigenvalue weighted by Gasteiger charge is 2.29. The van der Waals surface area contributed by atoms with E-state index < -0.39 is 10.0 Å². The third kappa shape index (κ3) is 4.12. The summed E-state index contributed by atoms with van der Waals surface area (Å²) in [5.74, 6) is -0.262.